The zero-order valence-corrected chi connectivity index (χ0v) is 20.1. The second-order valence-electron chi connectivity index (χ2n) is 8.16. The Morgan fingerprint density at radius 1 is 1.17 bits per heavy atom. The number of pyridine rings is 1. The number of carbonyl (C=O) groups is 2. The molecule has 2 N–H and O–H groups in total. The first-order valence-electron chi connectivity index (χ1n) is 11.2. The van der Waals surface area contributed by atoms with E-state index in [-0.39, 0.29) is 17.6 Å². The molecule has 4 aromatic rings. The summed E-state index contributed by atoms with van der Waals surface area (Å²) >= 11 is 0. The minimum absolute atomic E-state index is 0.139. The quantitative estimate of drug-likeness (QED) is 0.354. The maximum absolute atomic E-state index is 13.0. The van der Waals surface area contributed by atoms with Crippen LogP contribution in [-0.2, 0) is 18.3 Å². The molecule has 3 heterocycles. The number of rotatable bonds is 9. The van der Waals surface area contributed by atoms with E-state index in [2.05, 4.69) is 27.6 Å². The highest BCUT2D eigenvalue weighted by Crippen LogP contribution is 2.32. The van der Waals surface area contributed by atoms with Crippen LogP contribution in [-0.4, -0.2) is 51.5 Å². The second kappa shape index (κ2) is 10.3. The number of fused-ring (bicyclic) bond motifs is 1. The molecule has 4 rings (SSSR count). The molecule has 10 nitrogen and oxygen atoms in total. The highest BCUT2D eigenvalue weighted by molar-refractivity contribution is 6.14. The van der Waals surface area contributed by atoms with Gasteiger partial charge in [-0.25, -0.2) is 9.78 Å². The fourth-order valence-electron chi connectivity index (χ4n) is 3.89. The van der Waals surface area contributed by atoms with Crippen molar-refractivity contribution in [1.29, 1.82) is 0 Å². The summed E-state index contributed by atoms with van der Waals surface area (Å²) in [7, 11) is 4.58. The number of anilines is 2. The molecular weight excluding hydrogens is 448 g/mol. The van der Waals surface area contributed by atoms with Crippen molar-refractivity contribution in [1.82, 2.24) is 19.3 Å². The van der Waals surface area contributed by atoms with Gasteiger partial charge in [0.2, 0.25) is 0 Å². The number of hydrogen-bond donors (Lipinski definition) is 2. The van der Waals surface area contributed by atoms with E-state index in [1.165, 1.54) is 7.11 Å². The lowest BCUT2D eigenvalue weighted by Gasteiger charge is -2.15. The fourth-order valence-corrected chi connectivity index (χ4v) is 3.89. The number of carbonyl (C=O) groups excluding carboxylic acids is 2. The van der Waals surface area contributed by atoms with Crippen molar-refractivity contribution >= 4 is 34.3 Å². The summed E-state index contributed by atoms with van der Waals surface area (Å²) in [5, 5.41) is 11.2. The van der Waals surface area contributed by atoms with Gasteiger partial charge in [-0.15, -0.1) is 0 Å². The average Bonchev–Trinajstić information content (AvgIpc) is 3.49. The monoisotopic (exact) mass is 476 g/mol. The van der Waals surface area contributed by atoms with Crippen molar-refractivity contribution in [2.75, 3.05) is 24.9 Å². The molecule has 35 heavy (non-hydrogen) atoms. The van der Waals surface area contributed by atoms with E-state index in [0.29, 0.717) is 28.0 Å². The number of methoxy groups -OCH3 is 2. The molecule has 0 fully saturated rings. The Kier molecular flexibility index (Phi) is 7.00. The normalized spacial score (nSPS) is 11.8. The summed E-state index contributed by atoms with van der Waals surface area (Å²) in [4.78, 5) is 30.2. The van der Waals surface area contributed by atoms with E-state index in [4.69, 9.17) is 9.47 Å². The van der Waals surface area contributed by atoms with E-state index >= 15 is 0 Å². The maximum atomic E-state index is 13.0. The van der Waals surface area contributed by atoms with Gasteiger partial charge in [0.15, 0.2) is 5.69 Å². The van der Waals surface area contributed by atoms with Crippen LogP contribution < -0.4 is 15.4 Å². The van der Waals surface area contributed by atoms with Crippen LogP contribution in [0.3, 0.4) is 0 Å². The summed E-state index contributed by atoms with van der Waals surface area (Å²) in [5.41, 5.74) is 2.29. The lowest BCUT2D eigenvalue weighted by atomic mass is 10.1. The van der Waals surface area contributed by atoms with Crippen molar-refractivity contribution < 1.29 is 19.1 Å². The molecule has 1 atom stereocenters. The van der Waals surface area contributed by atoms with Gasteiger partial charge in [-0.1, -0.05) is 0 Å². The van der Waals surface area contributed by atoms with Gasteiger partial charge in [0, 0.05) is 43.0 Å². The van der Waals surface area contributed by atoms with Crippen molar-refractivity contribution in [3.8, 4) is 5.75 Å². The fraction of sp³-hybridized carbons (Fsp3) is 0.280. The number of aromatic nitrogens is 4. The van der Waals surface area contributed by atoms with E-state index in [1.807, 2.05) is 23.0 Å². The number of aryl methyl sites for hydroxylation is 2. The molecular formula is C25H28N6O4. The predicted octanol–water partition coefficient (Wildman–Crippen LogP) is 3.71. The van der Waals surface area contributed by atoms with Crippen LogP contribution >= 0.6 is 0 Å². The number of esters is 1. The van der Waals surface area contributed by atoms with E-state index in [0.717, 1.165) is 18.7 Å². The first-order valence-corrected chi connectivity index (χ1v) is 11.2. The van der Waals surface area contributed by atoms with Gasteiger partial charge in [0.05, 0.1) is 31.8 Å². The van der Waals surface area contributed by atoms with E-state index in [1.54, 1.807) is 55.4 Å². The third-order valence-electron chi connectivity index (χ3n) is 5.76. The second-order valence-corrected chi connectivity index (χ2v) is 8.16. The molecule has 1 amide bonds. The SMILES string of the molecule is COC(=O)c1c(NC(=O)c2ccc(OC)cc2)c2cc(N[C@H](C)CCn3cccn3)cnc2n1C. The number of ether oxygens (including phenoxy) is 2. The number of nitrogens with one attached hydrogen (secondary N) is 2. The zero-order valence-electron chi connectivity index (χ0n) is 20.1. The van der Waals surface area contributed by atoms with Crippen LogP contribution in [0.4, 0.5) is 11.4 Å². The molecule has 3 aromatic heterocycles. The van der Waals surface area contributed by atoms with Crippen LogP contribution in [0.5, 0.6) is 5.75 Å². The standard InChI is InChI=1S/C25H28N6O4/c1-16(10-13-31-12-5-11-27-31)28-18-14-20-21(22(25(33)35-4)30(2)23(20)26-15-18)29-24(32)17-6-8-19(34-3)9-7-17/h5-9,11-12,14-16,28H,10,13H2,1-4H3,(H,29,32)/t16-/m1/s1. The highest BCUT2D eigenvalue weighted by atomic mass is 16.5. The molecule has 0 aliphatic heterocycles. The zero-order chi connectivity index (χ0) is 24.9. The summed E-state index contributed by atoms with van der Waals surface area (Å²) in [5.74, 6) is -0.294. The minimum Gasteiger partial charge on any atom is -0.497 e. The Hall–Kier alpha value is -4.34. The Morgan fingerprint density at radius 3 is 2.60 bits per heavy atom. The Balaban J connectivity index is 1.63. The van der Waals surface area contributed by atoms with Gasteiger partial charge in [0.1, 0.15) is 11.4 Å². The third kappa shape index (κ3) is 5.11. The van der Waals surface area contributed by atoms with Gasteiger partial charge in [-0.2, -0.15) is 5.10 Å². The molecule has 0 spiro atoms. The first kappa shape index (κ1) is 23.8. The van der Waals surface area contributed by atoms with Crippen LogP contribution in [0, 0.1) is 0 Å². The molecule has 0 radical (unpaired) electrons. The van der Waals surface area contributed by atoms with Gasteiger partial charge in [-0.05, 0) is 49.7 Å². The number of nitrogens with zero attached hydrogens (tertiary/aromatic N) is 4. The number of benzene rings is 1. The summed E-state index contributed by atoms with van der Waals surface area (Å²) in [6.07, 6.45) is 6.24. The highest BCUT2D eigenvalue weighted by Gasteiger charge is 2.25. The Labute approximate surface area is 202 Å². The molecule has 182 valence electrons. The van der Waals surface area contributed by atoms with Crippen molar-refractivity contribution in [3.05, 3.63) is 66.2 Å². The lowest BCUT2D eigenvalue weighted by Crippen LogP contribution is -2.18. The van der Waals surface area contributed by atoms with Crippen LogP contribution in [0.1, 0.15) is 34.2 Å². The average molecular weight is 477 g/mol. The molecule has 0 aliphatic rings. The molecule has 0 aliphatic carbocycles. The van der Waals surface area contributed by atoms with Gasteiger partial charge in [-0.3, -0.25) is 9.48 Å². The van der Waals surface area contributed by atoms with Gasteiger partial charge in [0.25, 0.3) is 5.91 Å². The van der Waals surface area contributed by atoms with Crippen LogP contribution in [0.15, 0.2) is 55.0 Å². The molecule has 1 aromatic carbocycles. The van der Waals surface area contributed by atoms with Crippen LogP contribution in [0.25, 0.3) is 11.0 Å². The Morgan fingerprint density at radius 2 is 1.94 bits per heavy atom. The summed E-state index contributed by atoms with van der Waals surface area (Å²) in [6, 6.07) is 10.6. The minimum atomic E-state index is -0.572. The first-order chi connectivity index (χ1) is 16.9. The molecule has 0 saturated carbocycles. The maximum Gasteiger partial charge on any atom is 0.356 e. The molecule has 0 bridgehead atoms. The van der Waals surface area contributed by atoms with E-state index in [9.17, 15) is 9.59 Å². The predicted molar refractivity (Wildman–Crippen MR) is 133 cm³/mol. The third-order valence-corrected chi connectivity index (χ3v) is 5.76. The molecule has 0 saturated heterocycles. The van der Waals surface area contributed by atoms with Crippen molar-refractivity contribution in [2.45, 2.75) is 25.9 Å². The molecule has 10 heteroatoms. The largest absolute Gasteiger partial charge is 0.497 e. The summed E-state index contributed by atoms with van der Waals surface area (Å²) < 4.78 is 13.6. The smallest absolute Gasteiger partial charge is 0.356 e. The number of hydrogen-bond acceptors (Lipinski definition) is 7. The lowest BCUT2D eigenvalue weighted by molar-refractivity contribution is 0.0591. The van der Waals surface area contributed by atoms with Gasteiger partial charge >= 0.3 is 5.97 Å². The van der Waals surface area contributed by atoms with Crippen molar-refractivity contribution in [2.24, 2.45) is 7.05 Å². The van der Waals surface area contributed by atoms with E-state index < -0.39 is 5.97 Å². The van der Waals surface area contributed by atoms with Crippen molar-refractivity contribution in [3.63, 3.8) is 0 Å². The van der Waals surface area contributed by atoms with Crippen LogP contribution in [0.2, 0.25) is 0 Å². The topological polar surface area (TPSA) is 112 Å². The summed E-state index contributed by atoms with van der Waals surface area (Å²) in [6.45, 7) is 2.85. The van der Waals surface area contributed by atoms with Gasteiger partial charge < -0.3 is 24.7 Å². The number of amides is 1. The Bertz CT molecular complexity index is 1330. The molecule has 0 unspecified atom stereocenters.